The molecular formula is C24H23N3O4S. The van der Waals surface area contributed by atoms with Crippen molar-refractivity contribution in [2.75, 3.05) is 10.8 Å². The SMILES string of the molecule is CCN(c1ccccc1)S(=O)(=O)c1cccc(C(=O)n2c([C@@H](C)O)nc3ccccc32)c1. The Kier molecular flexibility index (Phi) is 5.82. The minimum Gasteiger partial charge on any atom is -0.385 e. The molecule has 0 spiro atoms. The van der Waals surface area contributed by atoms with Gasteiger partial charge in [0.2, 0.25) is 0 Å². The van der Waals surface area contributed by atoms with Gasteiger partial charge in [0.05, 0.1) is 21.6 Å². The molecule has 3 aromatic carbocycles. The second-order valence-corrected chi connectivity index (χ2v) is 9.17. The van der Waals surface area contributed by atoms with Gasteiger partial charge in [-0.2, -0.15) is 0 Å². The van der Waals surface area contributed by atoms with Gasteiger partial charge in [0.25, 0.3) is 15.9 Å². The van der Waals surface area contributed by atoms with Crippen molar-refractivity contribution in [3.63, 3.8) is 0 Å². The van der Waals surface area contributed by atoms with Crippen LogP contribution in [0.1, 0.15) is 36.1 Å². The first-order valence-electron chi connectivity index (χ1n) is 10.2. The highest BCUT2D eigenvalue weighted by Gasteiger charge is 2.26. The molecule has 4 aromatic rings. The standard InChI is InChI=1S/C24H23N3O4S/c1-3-26(19-11-5-4-6-12-19)32(30,31)20-13-9-10-18(16-20)24(29)27-22-15-8-7-14-21(22)25-23(27)17(2)28/h4-17,28H,3H2,1-2H3/t17-/m1/s1. The fourth-order valence-corrected chi connectivity index (χ4v) is 5.19. The number of anilines is 1. The Balaban J connectivity index is 1.80. The predicted molar refractivity (Wildman–Crippen MR) is 123 cm³/mol. The molecule has 0 amide bonds. The third kappa shape index (κ3) is 3.79. The zero-order chi connectivity index (χ0) is 22.9. The lowest BCUT2D eigenvalue weighted by molar-refractivity contribution is 0.0943. The van der Waals surface area contributed by atoms with E-state index in [-0.39, 0.29) is 22.8 Å². The number of aromatic nitrogens is 2. The zero-order valence-electron chi connectivity index (χ0n) is 17.7. The van der Waals surface area contributed by atoms with Crippen molar-refractivity contribution in [3.05, 3.63) is 90.3 Å². The zero-order valence-corrected chi connectivity index (χ0v) is 18.5. The molecule has 0 aliphatic carbocycles. The number of carbonyl (C=O) groups is 1. The molecule has 7 nitrogen and oxygen atoms in total. The normalized spacial score (nSPS) is 12.6. The largest absolute Gasteiger partial charge is 0.385 e. The van der Waals surface area contributed by atoms with Crippen LogP contribution in [0.2, 0.25) is 0 Å². The number of aliphatic hydroxyl groups is 1. The summed E-state index contributed by atoms with van der Waals surface area (Å²) in [6.07, 6.45) is -0.980. The lowest BCUT2D eigenvalue weighted by Gasteiger charge is -2.23. The van der Waals surface area contributed by atoms with Gasteiger partial charge >= 0.3 is 0 Å². The predicted octanol–water partition coefficient (Wildman–Crippen LogP) is 3.99. The third-order valence-electron chi connectivity index (χ3n) is 5.16. The first kappa shape index (κ1) is 21.7. The molecule has 0 radical (unpaired) electrons. The summed E-state index contributed by atoms with van der Waals surface area (Å²) in [5, 5.41) is 10.2. The maximum Gasteiger partial charge on any atom is 0.264 e. The van der Waals surface area contributed by atoms with E-state index in [4.69, 9.17) is 0 Å². The topological polar surface area (TPSA) is 92.5 Å². The van der Waals surface area contributed by atoms with Crippen molar-refractivity contribution in [1.29, 1.82) is 0 Å². The Morgan fingerprint density at radius 1 is 1.03 bits per heavy atom. The lowest BCUT2D eigenvalue weighted by atomic mass is 10.2. The number of sulfonamides is 1. The summed E-state index contributed by atoms with van der Waals surface area (Å²) < 4.78 is 29.4. The van der Waals surface area contributed by atoms with Gasteiger partial charge in [-0.1, -0.05) is 36.4 Å². The number of carbonyl (C=O) groups excluding carboxylic acids is 1. The van der Waals surface area contributed by atoms with Crippen LogP contribution in [0.25, 0.3) is 11.0 Å². The number of fused-ring (bicyclic) bond motifs is 1. The van der Waals surface area contributed by atoms with E-state index in [0.29, 0.717) is 16.7 Å². The highest BCUT2D eigenvalue weighted by molar-refractivity contribution is 7.92. The minimum atomic E-state index is -3.89. The molecule has 0 saturated heterocycles. The van der Waals surface area contributed by atoms with Crippen LogP contribution in [0.3, 0.4) is 0 Å². The first-order chi connectivity index (χ1) is 15.3. The van der Waals surface area contributed by atoms with E-state index in [9.17, 15) is 18.3 Å². The van der Waals surface area contributed by atoms with E-state index >= 15 is 0 Å². The van der Waals surface area contributed by atoms with Gasteiger partial charge in [0, 0.05) is 12.1 Å². The van der Waals surface area contributed by atoms with Crippen molar-refractivity contribution in [2.45, 2.75) is 24.8 Å². The van der Waals surface area contributed by atoms with E-state index < -0.39 is 22.0 Å². The molecule has 1 aromatic heterocycles. The average Bonchev–Trinajstić information content (AvgIpc) is 3.20. The number of imidazole rings is 1. The Hall–Kier alpha value is -3.49. The van der Waals surface area contributed by atoms with Gasteiger partial charge in [-0.15, -0.1) is 0 Å². The minimum absolute atomic E-state index is 0.0112. The van der Waals surface area contributed by atoms with Crippen LogP contribution in [0.4, 0.5) is 5.69 Å². The molecule has 164 valence electrons. The molecule has 0 aliphatic heterocycles. The van der Waals surface area contributed by atoms with Crippen LogP contribution in [-0.4, -0.2) is 35.5 Å². The average molecular weight is 450 g/mol. The van der Waals surface area contributed by atoms with E-state index in [0.717, 1.165) is 0 Å². The first-order valence-corrected chi connectivity index (χ1v) is 11.7. The number of rotatable bonds is 6. The Morgan fingerprint density at radius 2 is 1.72 bits per heavy atom. The van der Waals surface area contributed by atoms with Crippen molar-refractivity contribution >= 4 is 32.7 Å². The molecule has 4 rings (SSSR count). The molecule has 1 atom stereocenters. The summed E-state index contributed by atoms with van der Waals surface area (Å²) in [5.41, 5.74) is 1.84. The van der Waals surface area contributed by atoms with Crippen molar-refractivity contribution in [3.8, 4) is 0 Å². The maximum absolute atomic E-state index is 13.4. The van der Waals surface area contributed by atoms with Gasteiger partial charge in [0.1, 0.15) is 11.9 Å². The van der Waals surface area contributed by atoms with Crippen molar-refractivity contribution < 1.29 is 18.3 Å². The summed E-state index contributed by atoms with van der Waals surface area (Å²) in [7, 11) is -3.89. The van der Waals surface area contributed by atoms with Gasteiger partial charge in [-0.3, -0.25) is 13.7 Å². The van der Waals surface area contributed by atoms with Crippen molar-refractivity contribution in [2.24, 2.45) is 0 Å². The van der Waals surface area contributed by atoms with Gasteiger partial charge in [0.15, 0.2) is 0 Å². The second kappa shape index (κ2) is 8.57. The van der Waals surface area contributed by atoms with Crippen LogP contribution >= 0.6 is 0 Å². The molecule has 1 N–H and O–H groups in total. The summed E-state index contributed by atoms with van der Waals surface area (Å²) >= 11 is 0. The van der Waals surface area contributed by atoms with Crippen LogP contribution in [0.5, 0.6) is 0 Å². The molecule has 0 unspecified atom stereocenters. The Bertz CT molecular complexity index is 1380. The van der Waals surface area contributed by atoms with Gasteiger partial charge < -0.3 is 5.11 Å². The van der Waals surface area contributed by atoms with E-state index in [1.165, 1.54) is 27.9 Å². The number of para-hydroxylation sites is 3. The number of benzene rings is 3. The summed E-state index contributed by atoms with van der Waals surface area (Å²) in [6.45, 7) is 3.53. The third-order valence-corrected chi connectivity index (χ3v) is 7.06. The monoisotopic (exact) mass is 449 g/mol. The lowest BCUT2D eigenvalue weighted by Crippen LogP contribution is -2.31. The fraction of sp³-hybridized carbons (Fsp3) is 0.167. The van der Waals surface area contributed by atoms with Crippen LogP contribution in [0.15, 0.2) is 83.8 Å². The quantitative estimate of drug-likeness (QED) is 0.480. The smallest absolute Gasteiger partial charge is 0.264 e. The summed E-state index contributed by atoms with van der Waals surface area (Å²) in [6, 6.07) is 21.8. The molecule has 1 heterocycles. The molecule has 0 saturated carbocycles. The number of aliphatic hydroxyl groups excluding tert-OH is 1. The summed E-state index contributed by atoms with van der Waals surface area (Å²) in [5.74, 6) is -0.265. The summed E-state index contributed by atoms with van der Waals surface area (Å²) in [4.78, 5) is 17.8. The van der Waals surface area contributed by atoms with Crippen LogP contribution < -0.4 is 4.31 Å². The molecular weight excluding hydrogens is 426 g/mol. The fourth-order valence-electron chi connectivity index (χ4n) is 3.67. The second-order valence-electron chi connectivity index (χ2n) is 7.31. The Morgan fingerprint density at radius 3 is 2.41 bits per heavy atom. The molecule has 0 aliphatic rings. The highest BCUT2D eigenvalue weighted by Crippen LogP contribution is 2.26. The molecule has 32 heavy (non-hydrogen) atoms. The highest BCUT2D eigenvalue weighted by atomic mass is 32.2. The van der Waals surface area contributed by atoms with Gasteiger partial charge in [-0.05, 0) is 56.3 Å². The van der Waals surface area contributed by atoms with Crippen LogP contribution in [0, 0.1) is 0 Å². The number of hydrogen-bond acceptors (Lipinski definition) is 5. The van der Waals surface area contributed by atoms with E-state index in [1.54, 1.807) is 67.6 Å². The Labute approximate surface area is 186 Å². The molecule has 0 bridgehead atoms. The molecule has 8 heteroatoms. The van der Waals surface area contributed by atoms with Crippen LogP contribution in [-0.2, 0) is 10.0 Å². The maximum atomic E-state index is 13.4. The van der Waals surface area contributed by atoms with E-state index in [1.807, 2.05) is 6.07 Å². The molecule has 0 fully saturated rings. The number of hydrogen-bond donors (Lipinski definition) is 1. The van der Waals surface area contributed by atoms with Crippen molar-refractivity contribution in [1.82, 2.24) is 9.55 Å². The number of nitrogens with zero attached hydrogens (tertiary/aromatic N) is 3. The van der Waals surface area contributed by atoms with Gasteiger partial charge in [-0.25, -0.2) is 13.4 Å². The van der Waals surface area contributed by atoms with E-state index in [2.05, 4.69) is 4.98 Å².